The molecular weight excluding hydrogens is 446 g/mol. The Morgan fingerprint density at radius 3 is 2.63 bits per heavy atom. The molecule has 0 aliphatic carbocycles. The van der Waals surface area contributed by atoms with Crippen molar-refractivity contribution < 1.29 is 23.7 Å². The molecule has 0 saturated heterocycles. The number of nitrogens with zero attached hydrogens (tertiary/aromatic N) is 2. The van der Waals surface area contributed by atoms with Gasteiger partial charge in [0.2, 0.25) is 6.79 Å². The second-order valence-corrected chi connectivity index (χ2v) is 7.84. The summed E-state index contributed by atoms with van der Waals surface area (Å²) < 4.78 is 21.6. The van der Waals surface area contributed by atoms with Gasteiger partial charge in [0.25, 0.3) is 5.91 Å². The van der Waals surface area contributed by atoms with Crippen molar-refractivity contribution in [3.63, 3.8) is 0 Å². The van der Waals surface area contributed by atoms with Gasteiger partial charge in [-0.1, -0.05) is 18.2 Å². The number of ether oxygens (including phenoxy) is 4. The van der Waals surface area contributed by atoms with Crippen molar-refractivity contribution in [1.29, 1.82) is 0 Å². The van der Waals surface area contributed by atoms with Gasteiger partial charge in [-0.3, -0.25) is 4.79 Å². The zero-order valence-corrected chi connectivity index (χ0v) is 19.5. The van der Waals surface area contributed by atoms with E-state index in [4.69, 9.17) is 23.9 Å². The number of aromatic nitrogens is 1. The number of amides is 1. The minimum absolute atomic E-state index is 0.197. The summed E-state index contributed by atoms with van der Waals surface area (Å²) in [5.41, 5.74) is 6.61. The van der Waals surface area contributed by atoms with E-state index in [-0.39, 0.29) is 12.7 Å². The number of benzene rings is 3. The molecule has 1 N–H and O–H groups in total. The van der Waals surface area contributed by atoms with Crippen molar-refractivity contribution >= 4 is 22.5 Å². The Morgan fingerprint density at radius 1 is 0.971 bits per heavy atom. The number of hydrazone groups is 1. The number of rotatable bonds is 6. The topological polar surface area (TPSA) is 91.3 Å². The zero-order chi connectivity index (χ0) is 24.4. The number of pyridine rings is 1. The van der Waals surface area contributed by atoms with E-state index < -0.39 is 0 Å². The van der Waals surface area contributed by atoms with Gasteiger partial charge in [0.05, 0.1) is 36.7 Å². The highest BCUT2D eigenvalue weighted by atomic mass is 16.7. The van der Waals surface area contributed by atoms with Gasteiger partial charge in [-0.2, -0.15) is 5.10 Å². The second kappa shape index (κ2) is 9.34. The Balaban J connectivity index is 1.50. The fourth-order valence-electron chi connectivity index (χ4n) is 3.89. The van der Waals surface area contributed by atoms with E-state index in [9.17, 15) is 4.79 Å². The molecule has 35 heavy (non-hydrogen) atoms. The van der Waals surface area contributed by atoms with Crippen LogP contribution in [0.15, 0.2) is 71.8 Å². The third kappa shape index (κ3) is 4.33. The summed E-state index contributed by atoms with van der Waals surface area (Å²) >= 11 is 0. The molecule has 1 aliphatic heterocycles. The lowest BCUT2D eigenvalue weighted by molar-refractivity contribution is 0.0956. The molecular formula is C27H23N3O5. The van der Waals surface area contributed by atoms with Crippen LogP contribution >= 0.6 is 0 Å². The van der Waals surface area contributed by atoms with Crippen molar-refractivity contribution in [2.45, 2.75) is 6.92 Å². The van der Waals surface area contributed by atoms with Crippen molar-refractivity contribution in [2.75, 3.05) is 21.0 Å². The third-order valence-electron chi connectivity index (χ3n) is 5.76. The van der Waals surface area contributed by atoms with Crippen molar-refractivity contribution in [3.05, 3.63) is 77.9 Å². The molecule has 1 amide bonds. The van der Waals surface area contributed by atoms with Crippen LogP contribution in [0.3, 0.4) is 0 Å². The molecule has 4 aromatic rings. The normalized spacial score (nSPS) is 12.5. The van der Waals surface area contributed by atoms with Gasteiger partial charge < -0.3 is 18.9 Å². The number of nitrogens with one attached hydrogen (secondary N) is 1. The molecule has 0 atom stereocenters. The largest absolute Gasteiger partial charge is 0.497 e. The third-order valence-corrected chi connectivity index (χ3v) is 5.76. The number of para-hydroxylation sites is 1. The van der Waals surface area contributed by atoms with Crippen LogP contribution in [0.4, 0.5) is 0 Å². The molecule has 0 radical (unpaired) electrons. The van der Waals surface area contributed by atoms with Crippen LogP contribution in [0.2, 0.25) is 0 Å². The predicted molar refractivity (Wildman–Crippen MR) is 133 cm³/mol. The molecule has 8 heteroatoms. The molecule has 0 fully saturated rings. The van der Waals surface area contributed by atoms with Gasteiger partial charge in [-0.15, -0.1) is 0 Å². The van der Waals surface area contributed by atoms with E-state index in [0.717, 1.165) is 16.5 Å². The molecule has 0 bridgehead atoms. The van der Waals surface area contributed by atoms with Crippen LogP contribution in [0.5, 0.6) is 23.0 Å². The van der Waals surface area contributed by atoms with E-state index in [1.54, 1.807) is 26.4 Å². The fraction of sp³-hybridized carbons (Fsp3) is 0.148. The number of carbonyl (C=O) groups is 1. The Morgan fingerprint density at radius 2 is 1.80 bits per heavy atom. The molecule has 0 saturated carbocycles. The summed E-state index contributed by atoms with van der Waals surface area (Å²) in [5.74, 6) is 2.25. The smallest absolute Gasteiger partial charge is 0.272 e. The molecule has 3 aromatic carbocycles. The summed E-state index contributed by atoms with van der Waals surface area (Å²) in [4.78, 5) is 18.0. The quantitative estimate of drug-likeness (QED) is 0.322. The van der Waals surface area contributed by atoms with Crippen molar-refractivity contribution in [3.8, 4) is 34.3 Å². The minimum Gasteiger partial charge on any atom is -0.497 e. The van der Waals surface area contributed by atoms with Gasteiger partial charge >= 0.3 is 0 Å². The predicted octanol–water partition coefficient (Wildman–Crippen LogP) is 4.80. The Labute approximate surface area is 202 Å². The lowest BCUT2D eigenvalue weighted by Crippen LogP contribution is -2.20. The summed E-state index contributed by atoms with van der Waals surface area (Å²) in [6.07, 6.45) is 0. The number of hydrogen-bond donors (Lipinski definition) is 1. The van der Waals surface area contributed by atoms with E-state index in [1.807, 2.05) is 61.5 Å². The summed E-state index contributed by atoms with van der Waals surface area (Å²) in [6.45, 7) is 2.01. The maximum atomic E-state index is 13.3. The first-order valence-electron chi connectivity index (χ1n) is 10.9. The minimum atomic E-state index is -0.350. The highest BCUT2D eigenvalue weighted by Crippen LogP contribution is 2.35. The van der Waals surface area contributed by atoms with E-state index in [1.165, 1.54) is 0 Å². The van der Waals surface area contributed by atoms with Crippen LogP contribution < -0.4 is 24.4 Å². The fourth-order valence-corrected chi connectivity index (χ4v) is 3.89. The average Bonchev–Trinajstić information content (AvgIpc) is 3.38. The van der Waals surface area contributed by atoms with Crippen molar-refractivity contribution in [2.24, 2.45) is 5.10 Å². The molecule has 5 rings (SSSR count). The first-order valence-corrected chi connectivity index (χ1v) is 10.9. The molecule has 1 aromatic heterocycles. The standard InChI is InChI=1S/C27H23N3O5/c1-16(17-8-11-24-26(12-17)35-15-34-24)29-30-27(31)21-14-23(28-22-7-5-4-6-19(21)22)20-10-9-18(32-2)13-25(20)33-3/h4-14H,15H2,1-3H3,(H,30,31)/b29-16+. The monoisotopic (exact) mass is 469 g/mol. The molecule has 0 unspecified atom stereocenters. The van der Waals surface area contributed by atoms with E-state index >= 15 is 0 Å². The van der Waals surface area contributed by atoms with Gasteiger partial charge in [0.1, 0.15) is 11.5 Å². The number of fused-ring (bicyclic) bond motifs is 2. The van der Waals surface area contributed by atoms with Gasteiger partial charge in [-0.25, -0.2) is 10.4 Å². The van der Waals surface area contributed by atoms with Crippen molar-refractivity contribution in [1.82, 2.24) is 10.4 Å². The first kappa shape index (κ1) is 22.2. The number of methoxy groups -OCH3 is 2. The summed E-state index contributed by atoms with van der Waals surface area (Å²) in [6, 6.07) is 20.2. The second-order valence-electron chi connectivity index (χ2n) is 7.84. The maximum absolute atomic E-state index is 13.3. The highest BCUT2D eigenvalue weighted by molar-refractivity contribution is 6.08. The highest BCUT2D eigenvalue weighted by Gasteiger charge is 2.17. The average molecular weight is 469 g/mol. The SMILES string of the molecule is COc1ccc(-c2cc(C(=O)N/N=C(\C)c3ccc4c(c3)OCO4)c3ccccc3n2)c(OC)c1. The molecule has 0 spiro atoms. The van der Waals surface area contributed by atoms with E-state index in [0.29, 0.717) is 45.5 Å². The molecule has 2 heterocycles. The number of hydrogen-bond acceptors (Lipinski definition) is 7. The number of carbonyl (C=O) groups excluding carboxylic acids is 1. The summed E-state index contributed by atoms with van der Waals surface area (Å²) in [7, 11) is 3.18. The van der Waals surface area contributed by atoms with Gasteiger partial charge in [-0.05, 0) is 49.4 Å². The molecule has 176 valence electrons. The Bertz CT molecular complexity index is 1460. The Kier molecular flexibility index (Phi) is 5.93. The maximum Gasteiger partial charge on any atom is 0.272 e. The van der Waals surface area contributed by atoms with Crippen LogP contribution in [0.1, 0.15) is 22.8 Å². The van der Waals surface area contributed by atoms with Crippen LogP contribution in [-0.2, 0) is 0 Å². The first-order chi connectivity index (χ1) is 17.1. The van der Waals surface area contributed by atoms with Gasteiger partial charge in [0.15, 0.2) is 11.5 Å². The van der Waals surface area contributed by atoms with Gasteiger partial charge in [0, 0.05) is 22.6 Å². The molecule has 1 aliphatic rings. The van der Waals surface area contributed by atoms with Crippen LogP contribution in [0.25, 0.3) is 22.2 Å². The van der Waals surface area contributed by atoms with E-state index in [2.05, 4.69) is 10.5 Å². The Hall–Kier alpha value is -4.59. The van der Waals surface area contributed by atoms with Crippen LogP contribution in [-0.4, -0.2) is 37.6 Å². The lowest BCUT2D eigenvalue weighted by atomic mass is 10.0. The zero-order valence-electron chi connectivity index (χ0n) is 19.5. The lowest BCUT2D eigenvalue weighted by Gasteiger charge is -2.13. The van der Waals surface area contributed by atoms with Crippen LogP contribution in [0, 0.1) is 0 Å². The summed E-state index contributed by atoms with van der Waals surface area (Å²) in [5, 5.41) is 5.04. The molecule has 8 nitrogen and oxygen atoms in total.